The summed E-state index contributed by atoms with van der Waals surface area (Å²) in [7, 11) is 0. The highest BCUT2D eigenvalue weighted by molar-refractivity contribution is 5.08. The Morgan fingerprint density at radius 2 is 2.00 bits per heavy atom. The highest BCUT2D eigenvalue weighted by Gasteiger charge is 2.26. The maximum atomic E-state index is 5.64. The molecule has 0 amide bonds. The van der Waals surface area contributed by atoms with E-state index in [0.717, 1.165) is 18.7 Å². The van der Waals surface area contributed by atoms with E-state index in [1.165, 1.54) is 0 Å². The lowest BCUT2D eigenvalue weighted by Gasteiger charge is -2.26. The van der Waals surface area contributed by atoms with Gasteiger partial charge < -0.3 is 9.47 Å². The van der Waals surface area contributed by atoms with E-state index in [2.05, 4.69) is 17.4 Å². The molecule has 1 rings (SSSR count). The third-order valence-electron chi connectivity index (χ3n) is 2.62. The molecule has 0 bridgehead atoms. The van der Waals surface area contributed by atoms with Crippen LogP contribution in [-0.4, -0.2) is 29.3 Å². The summed E-state index contributed by atoms with van der Waals surface area (Å²) in [6, 6.07) is 1.71. The van der Waals surface area contributed by atoms with Crippen molar-refractivity contribution in [1.82, 2.24) is 15.2 Å². The first-order chi connectivity index (χ1) is 8.78. The quantitative estimate of drug-likeness (QED) is 0.394. The molecule has 0 aromatic carbocycles. The van der Waals surface area contributed by atoms with E-state index in [4.69, 9.17) is 15.3 Å². The Labute approximate surface area is 108 Å². The number of aromatic nitrogens is 2. The molecule has 0 aliphatic heterocycles. The number of ether oxygens (including phenoxy) is 2. The molecular formula is C12H24N4O2. The van der Waals surface area contributed by atoms with Gasteiger partial charge in [-0.1, -0.05) is 6.92 Å². The molecule has 0 radical (unpaired) electrons. The van der Waals surface area contributed by atoms with Gasteiger partial charge in [-0.2, -0.15) is 5.10 Å². The number of aryl methyl sites for hydroxylation is 1. The van der Waals surface area contributed by atoms with E-state index in [0.29, 0.717) is 13.2 Å². The molecule has 104 valence electrons. The van der Waals surface area contributed by atoms with Crippen LogP contribution in [0.2, 0.25) is 0 Å². The number of hydrogen-bond donors (Lipinski definition) is 2. The van der Waals surface area contributed by atoms with E-state index in [9.17, 15) is 0 Å². The lowest BCUT2D eigenvalue weighted by molar-refractivity contribution is -0.156. The fourth-order valence-corrected chi connectivity index (χ4v) is 1.88. The van der Waals surface area contributed by atoms with Crippen molar-refractivity contribution in [3.63, 3.8) is 0 Å². The van der Waals surface area contributed by atoms with Gasteiger partial charge in [-0.3, -0.25) is 10.5 Å². The molecule has 6 nitrogen and oxygen atoms in total. The molecule has 18 heavy (non-hydrogen) atoms. The molecule has 6 heteroatoms. The predicted molar refractivity (Wildman–Crippen MR) is 69.6 cm³/mol. The first-order valence-electron chi connectivity index (χ1n) is 6.49. The van der Waals surface area contributed by atoms with E-state index >= 15 is 0 Å². The van der Waals surface area contributed by atoms with Crippen LogP contribution in [0.5, 0.6) is 0 Å². The topological polar surface area (TPSA) is 74.3 Å². The van der Waals surface area contributed by atoms with Crippen LogP contribution in [0.25, 0.3) is 0 Å². The van der Waals surface area contributed by atoms with Crippen LogP contribution in [0.1, 0.15) is 38.9 Å². The molecule has 1 aromatic rings. The normalized spacial score (nSPS) is 13.2. The van der Waals surface area contributed by atoms with E-state index in [1.807, 2.05) is 24.6 Å². The lowest BCUT2D eigenvalue weighted by atomic mass is 10.2. The molecule has 0 aliphatic carbocycles. The van der Waals surface area contributed by atoms with Gasteiger partial charge in [0.1, 0.15) is 6.04 Å². The Balaban J connectivity index is 2.87. The van der Waals surface area contributed by atoms with Gasteiger partial charge in [-0.25, -0.2) is 5.43 Å². The zero-order chi connectivity index (χ0) is 13.4. The third kappa shape index (κ3) is 3.78. The molecule has 1 aromatic heterocycles. The highest BCUT2D eigenvalue weighted by Crippen LogP contribution is 2.19. The Bertz CT molecular complexity index is 324. The van der Waals surface area contributed by atoms with Crippen molar-refractivity contribution in [2.75, 3.05) is 13.2 Å². The summed E-state index contributed by atoms with van der Waals surface area (Å²) in [6.45, 7) is 7.98. The second kappa shape index (κ2) is 8.20. The Morgan fingerprint density at radius 1 is 1.33 bits per heavy atom. The van der Waals surface area contributed by atoms with Crippen LogP contribution in [0.3, 0.4) is 0 Å². The van der Waals surface area contributed by atoms with Crippen molar-refractivity contribution < 1.29 is 9.47 Å². The zero-order valence-corrected chi connectivity index (χ0v) is 11.4. The predicted octanol–water partition coefficient (Wildman–Crippen LogP) is 1.20. The van der Waals surface area contributed by atoms with Crippen molar-refractivity contribution in [3.8, 4) is 0 Å². The van der Waals surface area contributed by atoms with Gasteiger partial charge in [0, 0.05) is 26.0 Å². The molecule has 0 aliphatic rings. The summed E-state index contributed by atoms with van der Waals surface area (Å²) >= 11 is 0. The second-order valence-corrected chi connectivity index (χ2v) is 3.90. The van der Waals surface area contributed by atoms with Crippen molar-refractivity contribution in [1.29, 1.82) is 0 Å². The molecule has 3 N–H and O–H groups in total. The van der Waals surface area contributed by atoms with E-state index in [1.54, 1.807) is 6.20 Å². The average Bonchev–Trinajstić information content (AvgIpc) is 2.80. The number of nitrogens with two attached hydrogens (primary N) is 1. The van der Waals surface area contributed by atoms with Gasteiger partial charge in [0.15, 0.2) is 6.29 Å². The van der Waals surface area contributed by atoms with Crippen LogP contribution in [0, 0.1) is 0 Å². The minimum Gasteiger partial charge on any atom is -0.351 e. The van der Waals surface area contributed by atoms with Crippen molar-refractivity contribution >= 4 is 0 Å². The molecule has 1 heterocycles. The maximum Gasteiger partial charge on any atom is 0.179 e. The molecule has 1 atom stereocenters. The number of rotatable bonds is 9. The number of hydrogen-bond acceptors (Lipinski definition) is 5. The zero-order valence-electron chi connectivity index (χ0n) is 11.4. The minimum atomic E-state index is -0.405. The number of hydrazine groups is 1. The molecule has 0 saturated carbocycles. The summed E-state index contributed by atoms with van der Waals surface area (Å²) in [5, 5.41) is 4.29. The van der Waals surface area contributed by atoms with E-state index in [-0.39, 0.29) is 6.04 Å². The molecule has 1 unspecified atom stereocenters. The maximum absolute atomic E-state index is 5.64. The molecule has 0 spiro atoms. The van der Waals surface area contributed by atoms with Crippen LogP contribution < -0.4 is 11.3 Å². The fraction of sp³-hybridized carbons (Fsp3) is 0.750. The number of nitrogens with one attached hydrogen (secondary N) is 1. The van der Waals surface area contributed by atoms with Crippen molar-refractivity contribution in [2.45, 2.75) is 46.1 Å². The monoisotopic (exact) mass is 256 g/mol. The van der Waals surface area contributed by atoms with Crippen LogP contribution in [0.4, 0.5) is 0 Å². The SMILES string of the molecule is CCCn1nccc1C(NN)C(OCC)OCC. The van der Waals surface area contributed by atoms with Gasteiger partial charge in [0.05, 0.1) is 5.69 Å². The van der Waals surface area contributed by atoms with Crippen LogP contribution >= 0.6 is 0 Å². The third-order valence-corrected chi connectivity index (χ3v) is 2.62. The first kappa shape index (κ1) is 15.1. The number of nitrogens with zero attached hydrogens (tertiary/aromatic N) is 2. The largest absolute Gasteiger partial charge is 0.351 e. The summed E-state index contributed by atoms with van der Waals surface area (Å²) in [4.78, 5) is 0. The van der Waals surface area contributed by atoms with Gasteiger partial charge in [0.2, 0.25) is 0 Å². The second-order valence-electron chi connectivity index (χ2n) is 3.90. The summed E-state index contributed by atoms with van der Waals surface area (Å²) < 4.78 is 13.1. The Kier molecular flexibility index (Phi) is 6.89. The Morgan fingerprint density at radius 3 is 2.50 bits per heavy atom. The molecular weight excluding hydrogens is 232 g/mol. The summed E-state index contributed by atoms with van der Waals surface area (Å²) in [5.74, 6) is 5.64. The lowest BCUT2D eigenvalue weighted by Crippen LogP contribution is -2.40. The van der Waals surface area contributed by atoms with Gasteiger partial charge in [-0.15, -0.1) is 0 Å². The van der Waals surface area contributed by atoms with Gasteiger partial charge >= 0.3 is 0 Å². The van der Waals surface area contributed by atoms with Crippen LogP contribution in [-0.2, 0) is 16.0 Å². The Hall–Kier alpha value is -0.950. The van der Waals surface area contributed by atoms with Gasteiger partial charge in [0.25, 0.3) is 0 Å². The average molecular weight is 256 g/mol. The fourth-order valence-electron chi connectivity index (χ4n) is 1.88. The summed E-state index contributed by atoms with van der Waals surface area (Å²) in [6.07, 6.45) is 2.38. The van der Waals surface area contributed by atoms with Crippen molar-refractivity contribution in [2.24, 2.45) is 5.84 Å². The standard InChI is InChI=1S/C12H24N4O2/c1-4-9-16-10(7-8-14-16)11(15-13)12(17-5-2)18-6-3/h7-8,11-12,15H,4-6,9,13H2,1-3H3. The van der Waals surface area contributed by atoms with Crippen molar-refractivity contribution in [3.05, 3.63) is 18.0 Å². The first-order valence-corrected chi connectivity index (χ1v) is 6.49. The minimum absolute atomic E-state index is 0.223. The summed E-state index contributed by atoms with van der Waals surface area (Å²) in [5.41, 5.74) is 3.74. The highest BCUT2D eigenvalue weighted by atomic mass is 16.7. The smallest absolute Gasteiger partial charge is 0.179 e. The van der Waals surface area contributed by atoms with Gasteiger partial charge in [-0.05, 0) is 26.3 Å². The van der Waals surface area contributed by atoms with E-state index < -0.39 is 6.29 Å². The van der Waals surface area contributed by atoms with Crippen LogP contribution in [0.15, 0.2) is 12.3 Å². The molecule has 0 saturated heterocycles. The molecule has 0 fully saturated rings.